The maximum absolute atomic E-state index is 12.1. The molecule has 1 heterocycles. The number of hydrogen-bond acceptors (Lipinski definition) is 4. The summed E-state index contributed by atoms with van der Waals surface area (Å²) < 4.78 is 10.6. The van der Waals surface area contributed by atoms with Gasteiger partial charge in [0.2, 0.25) is 0 Å². The second-order valence-corrected chi connectivity index (χ2v) is 5.12. The molecule has 0 spiro atoms. The molecule has 1 aliphatic heterocycles. The van der Waals surface area contributed by atoms with Crippen molar-refractivity contribution in [2.75, 3.05) is 13.2 Å². The van der Waals surface area contributed by atoms with Crippen molar-refractivity contribution in [3.8, 4) is 5.75 Å². The molecule has 5 heteroatoms. The molecule has 106 valence electrons. The lowest BCUT2D eigenvalue weighted by Gasteiger charge is -2.14. The van der Waals surface area contributed by atoms with Crippen LogP contribution in [0.5, 0.6) is 5.75 Å². The van der Waals surface area contributed by atoms with Gasteiger partial charge in [-0.1, -0.05) is 0 Å². The van der Waals surface area contributed by atoms with Gasteiger partial charge in [0.05, 0.1) is 12.6 Å². The Morgan fingerprint density at radius 3 is 2.50 bits per heavy atom. The van der Waals surface area contributed by atoms with Crippen LogP contribution in [-0.4, -0.2) is 36.2 Å². The van der Waals surface area contributed by atoms with Crippen LogP contribution in [0.15, 0.2) is 24.3 Å². The van der Waals surface area contributed by atoms with Gasteiger partial charge in [-0.05, 0) is 49.9 Å². The number of nitrogens with zero attached hydrogens (tertiary/aromatic N) is 1. The number of ether oxygens (including phenoxy) is 2. The zero-order chi connectivity index (χ0) is 13.9. The lowest BCUT2D eigenvalue weighted by atomic mass is 10.2. The Kier molecular flexibility index (Phi) is 3.58. The van der Waals surface area contributed by atoms with E-state index in [1.165, 1.54) is 12.8 Å². The van der Waals surface area contributed by atoms with Crippen molar-refractivity contribution >= 4 is 12.0 Å². The first-order valence-corrected chi connectivity index (χ1v) is 6.99. The Morgan fingerprint density at radius 2 is 1.90 bits per heavy atom. The van der Waals surface area contributed by atoms with Gasteiger partial charge >= 0.3 is 6.09 Å². The molecule has 2 amide bonds. The molecule has 2 fully saturated rings. The fraction of sp³-hybridized carbons (Fsp3) is 0.467. The number of hydrogen-bond donors (Lipinski definition) is 0. The van der Waals surface area contributed by atoms with Crippen LogP contribution >= 0.6 is 0 Å². The first-order valence-electron chi connectivity index (χ1n) is 6.99. The van der Waals surface area contributed by atoms with E-state index in [9.17, 15) is 9.59 Å². The summed E-state index contributed by atoms with van der Waals surface area (Å²) in [5.41, 5.74) is 0.475. The van der Waals surface area contributed by atoms with Gasteiger partial charge in [0.15, 0.2) is 0 Å². The van der Waals surface area contributed by atoms with Crippen molar-refractivity contribution < 1.29 is 19.1 Å². The van der Waals surface area contributed by atoms with E-state index in [0.29, 0.717) is 18.2 Å². The first-order chi connectivity index (χ1) is 9.74. The molecule has 0 bridgehead atoms. The third-order valence-electron chi connectivity index (χ3n) is 3.71. The topological polar surface area (TPSA) is 55.8 Å². The van der Waals surface area contributed by atoms with E-state index < -0.39 is 6.09 Å². The molecule has 1 saturated carbocycles. The first kappa shape index (κ1) is 13.0. The largest absolute Gasteiger partial charge is 0.490 e. The highest BCUT2D eigenvalue weighted by Gasteiger charge is 2.29. The van der Waals surface area contributed by atoms with Gasteiger partial charge in [0, 0.05) is 5.56 Å². The van der Waals surface area contributed by atoms with Gasteiger partial charge in [0.25, 0.3) is 5.91 Å². The van der Waals surface area contributed by atoms with Crippen LogP contribution in [0.25, 0.3) is 0 Å². The molecule has 20 heavy (non-hydrogen) atoms. The predicted octanol–water partition coefficient (Wildman–Crippen LogP) is 2.60. The molecule has 3 rings (SSSR count). The number of amides is 2. The molecule has 0 aromatic heterocycles. The molecular formula is C15H17NO4. The number of benzene rings is 1. The fourth-order valence-corrected chi connectivity index (χ4v) is 2.61. The number of carbonyl (C=O) groups is 2. The van der Waals surface area contributed by atoms with Gasteiger partial charge in [0.1, 0.15) is 12.4 Å². The van der Waals surface area contributed by atoms with E-state index >= 15 is 0 Å². The molecule has 2 aliphatic rings. The summed E-state index contributed by atoms with van der Waals surface area (Å²) in [5.74, 6) is 0.456. The third-order valence-corrected chi connectivity index (χ3v) is 3.71. The van der Waals surface area contributed by atoms with Crippen LogP contribution in [0.4, 0.5) is 4.79 Å². The van der Waals surface area contributed by atoms with Crippen molar-refractivity contribution in [1.82, 2.24) is 4.90 Å². The van der Waals surface area contributed by atoms with Crippen LogP contribution in [0.3, 0.4) is 0 Å². The molecule has 1 aromatic rings. The van der Waals surface area contributed by atoms with Gasteiger partial charge < -0.3 is 9.47 Å². The van der Waals surface area contributed by atoms with Crippen molar-refractivity contribution in [2.24, 2.45) is 0 Å². The Hall–Kier alpha value is -2.04. The van der Waals surface area contributed by atoms with Crippen LogP contribution in [-0.2, 0) is 4.74 Å². The standard InChI is InChI=1S/C15H17NO4/c17-14(16-9-10-19-15(16)18)11-5-7-13(8-6-11)20-12-3-1-2-4-12/h5-8,12H,1-4,9-10H2. The van der Waals surface area contributed by atoms with Gasteiger partial charge in [-0.25, -0.2) is 9.69 Å². The Morgan fingerprint density at radius 1 is 1.20 bits per heavy atom. The monoisotopic (exact) mass is 275 g/mol. The minimum atomic E-state index is -0.568. The highest BCUT2D eigenvalue weighted by atomic mass is 16.6. The fourth-order valence-electron chi connectivity index (χ4n) is 2.61. The van der Waals surface area contributed by atoms with Crippen LogP contribution < -0.4 is 4.74 Å². The Balaban J connectivity index is 1.66. The Bertz CT molecular complexity index is 505. The average Bonchev–Trinajstić information content (AvgIpc) is 3.10. The molecule has 0 atom stereocenters. The minimum Gasteiger partial charge on any atom is -0.490 e. The number of imide groups is 1. The van der Waals surface area contributed by atoms with Crippen molar-refractivity contribution in [3.05, 3.63) is 29.8 Å². The van der Waals surface area contributed by atoms with E-state index in [-0.39, 0.29) is 12.5 Å². The zero-order valence-electron chi connectivity index (χ0n) is 11.2. The van der Waals surface area contributed by atoms with Crippen LogP contribution in [0.2, 0.25) is 0 Å². The number of cyclic esters (lactones) is 1. The summed E-state index contributed by atoms with van der Waals surface area (Å²) in [6, 6.07) is 6.95. The maximum atomic E-state index is 12.1. The smallest absolute Gasteiger partial charge is 0.416 e. The molecule has 1 aliphatic carbocycles. The SMILES string of the molecule is O=C1OCCN1C(=O)c1ccc(OC2CCCC2)cc1. The summed E-state index contributed by atoms with van der Waals surface area (Å²) in [6.07, 6.45) is 4.36. The van der Waals surface area contributed by atoms with Crippen molar-refractivity contribution in [1.29, 1.82) is 0 Å². The lowest BCUT2D eigenvalue weighted by molar-refractivity contribution is 0.0810. The van der Waals surface area contributed by atoms with E-state index in [1.807, 2.05) is 0 Å². The highest BCUT2D eigenvalue weighted by molar-refractivity contribution is 6.03. The van der Waals surface area contributed by atoms with E-state index in [4.69, 9.17) is 9.47 Å². The summed E-state index contributed by atoms with van der Waals surface area (Å²) in [4.78, 5) is 24.6. The average molecular weight is 275 g/mol. The normalized spacial score (nSPS) is 19.2. The molecular weight excluding hydrogens is 258 g/mol. The summed E-state index contributed by atoms with van der Waals surface area (Å²) in [6.45, 7) is 0.589. The molecule has 0 N–H and O–H groups in total. The lowest BCUT2D eigenvalue weighted by Crippen LogP contribution is -2.31. The van der Waals surface area contributed by atoms with Crippen molar-refractivity contribution in [2.45, 2.75) is 31.8 Å². The zero-order valence-corrected chi connectivity index (χ0v) is 11.2. The predicted molar refractivity (Wildman–Crippen MR) is 71.7 cm³/mol. The highest BCUT2D eigenvalue weighted by Crippen LogP contribution is 2.24. The second-order valence-electron chi connectivity index (χ2n) is 5.12. The molecule has 5 nitrogen and oxygen atoms in total. The molecule has 0 radical (unpaired) electrons. The summed E-state index contributed by atoms with van der Waals surface area (Å²) in [5, 5.41) is 0. The molecule has 1 saturated heterocycles. The Labute approximate surface area is 117 Å². The van der Waals surface area contributed by atoms with E-state index in [1.54, 1.807) is 24.3 Å². The summed E-state index contributed by atoms with van der Waals surface area (Å²) in [7, 11) is 0. The van der Waals surface area contributed by atoms with Crippen LogP contribution in [0.1, 0.15) is 36.0 Å². The quantitative estimate of drug-likeness (QED) is 0.850. The molecule has 1 aromatic carbocycles. The van der Waals surface area contributed by atoms with E-state index in [2.05, 4.69) is 0 Å². The van der Waals surface area contributed by atoms with Gasteiger partial charge in [-0.2, -0.15) is 0 Å². The summed E-state index contributed by atoms with van der Waals surface area (Å²) >= 11 is 0. The third kappa shape index (κ3) is 2.61. The van der Waals surface area contributed by atoms with E-state index in [0.717, 1.165) is 23.5 Å². The maximum Gasteiger partial charge on any atom is 0.416 e. The minimum absolute atomic E-state index is 0.271. The van der Waals surface area contributed by atoms with Gasteiger partial charge in [-0.3, -0.25) is 4.79 Å². The number of rotatable bonds is 3. The van der Waals surface area contributed by atoms with Gasteiger partial charge in [-0.15, -0.1) is 0 Å². The molecule has 0 unspecified atom stereocenters. The second kappa shape index (κ2) is 5.53. The number of carbonyl (C=O) groups excluding carboxylic acids is 2. The van der Waals surface area contributed by atoms with Crippen LogP contribution in [0, 0.1) is 0 Å². The van der Waals surface area contributed by atoms with Crippen molar-refractivity contribution in [3.63, 3.8) is 0 Å².